The van der Waals surface area contributed by atoms with Gasteiger partial charge in [-0.25, -0.2) is 0 Å². The fraction of sp³-hybridized carbons (Fsp3) is 0.667. The van der Waals surface area contributed by atoms with Gasteiger partial charge in [0, 0.05) is 31.9 Å². The van der Waals surface area contributed by atoms with Crippen LogP contribution in [0.4, 0.5) is 0 Å². The average molecular weight is 273 g/mol. The SMILES string of the molecule is Cl.Cn1cc(CNC(=O)C2(C)CCCNC2)cn1. The molecule has 0 aromatic carbocycles. The molecule has 1 aliphatic heterocycles. The second-order valence-corrected chi connectivity index (χ2v) is 5.05. The third kappa shape index (κ3) is 3.46. The van der Waals surface area contributed by atoms with Gasteiger partial charge in [0.15, 0.2) is 0 Å². The number of rotatable bonds is 3. The maximum absolute atomic E-state index is 12.1. The van der Waals surface area contributed by atoms with Crippen molar-refractivity contribution in [2.45, 2.75) is 26.3 Å². The summed E-state index contributed by atoms with van der Waals surface area (Å²) in [5.41, 5.74) is 0.772. The van der Waals surface area contributed by atoms with Gasteiger partial charge in [-0.2, -0.15) is 5.10 Å². The van der Waals surface area contributed by atoms with E-state index in [2.05, 4.69) is 15.7 Å². The molecule has 2 rings (SSSR count). The van der Waals surface area contributed by atoms with Crippen molar-refractivity contribution in [3.05, 3.63) is 18.0 Å². The van der Waals surface area contributed by atoms with Crippen LogP contribution in [0.2, 0.25) is 0 Å². The Kier molecular flexibility index (Phi) is 5.16. The third-order valence-corrected chi connectivity index (χ3v) is 3.36. The van der Waals surface area contributed by atoms with Crippen LogP contribution in [0.5, 0.6) is 0 Å². The monoisotopic (exact) mass is 272 g/mol. The predicted molar refractivity (Wildman–Crippen MR) is 72.5 cm³/mol. The molecule has 1 aromatic rings. The number of aryl methyl sites for hydroxylation is 1. The summed E-state index contributed by atoms with van der Waals surface area (Å²) in [7, 11) is 1.87. The lowest BCUT2D eigenvalue weighted by molar-refractivity contribution is -0.131. The number of hydrogen-bond donors (Lipinski definition) is 2. The molecule has 1 amide bonds. The Bertz CT molecular complexity index is 399. The van der Waals surface area contributed by atoms with E-state index in [-0.39, 0.29) is 23.7 Å². The number of piperidine rings is 1. The van der Waals surface area contributed by atoms with Crippen LogP contribution >= 0.6 is 12.4 Å². The number of carbonyl (C=O) groups excluding carboxylic acids is 1. The number of amides is 1. The highest BCUT2D eigenvalue weighted by molar-refractivity contribution is 5.85. The summed E-state index contributed by atoms with van der Waals surface area (Å²) in [5.74, 6) is 0.133. The molecule has 0 bridgehead atoms. The predicted octanol–water partition coefficient (Wildman–Crippen LogP) is 0.848. The summed E-state index contributed by atoms with van der Waals surface area (Å²) in [6, 6.07) is 0. The second-order valence-electron chi connectivity index (χ2n) is 5.05. The maximum Gasteiger partial charge on any atom is 0.227 e. The highest BCUT2D eigenvalue weighted by Crippen LogP contribution is 2.25. The first kappa shape index (κ1) is 15.0. The van der Waals surface area contributed by atoms with Gasteiger partial charge in [-0.1, -0.05) is 0 Å². The Morgan fingerprint density at radius 3 is 3.00 bits per heavy atom. The van der Waals surface area contributed by atoms with Crippen molar-refractivity contribution >= 4 is 18.3 Å². The molecule has 6 heteroatoms. The molecular formula is C12H21ClN4O. The fourth-order valence-corrected chi connectivity index (χ4v) is 2.21. The Morgan fingerprint density at radius 1 is 1.67 bits per heavy atom. The van der Waals surface area contributed by atoms with Crippen LogP contribution in [0.1, 0.15) is 25.3 Å². The summed E-state index contributed by atoms with van der Waals surface area (Å²) in [5, 5.41) is 10.3. The Hall–Kier alpha value is -1.07. The van der Waals surface area contributed by atoms with E-state index in [0.717, 1.165) is 31.5 Å². The largest absolute Gasteiger partial charge is 0.351 e. The van der Waals surface area contributed by atoms with Crippen molar-refractivity contribution in [1.29, 1.82) is 0 Å². The van der Waals surface area contributed by atoms with E-state index in [1.54, 1.807) is 10.9 Å². The first-order valence-electron chi connectivity index (χ1n) is 6.07. The lowest BCUT2D eigenvalue weighted by Crippen LogP contribution is -2.48. The minimum absolute atomic E-state index is 0. The molecule has 0 spiro atoms. The zero-order valence-electron chi connectivity index (χ0n) is 10.9. The third-order valence-electron chi connectivity index (χ3n) is 3.36. The Labute approximate surface area is 114 Å². The average Bonchev–Trinajstić information content (AvgIpc) is 2.73. The second kappa shape index (κ2) is 6.20. The van der Waals surface area contributed by atoms with E-state index in [4.69, 9.17) is 0 Å². The minimum Gasteiger partial charge on any atom is -0.351 e. The van der Waals surface area contributed by atoms with Crippen LogP contribution in [0, 0.1) is 5.41 Å². The highest BCUT2D eigenvalue weighted by Gasteiger charge is 2.34. The van der Waals surface area contributed by atoms with Crippen molar-refractivity contribution in [1.82, 2.24) is 20.4 Å². The maximum atomic E-state index is 12.1. The smallest absolute Gasteiger partial charge is 0.227 e. The van der Waals surface area contributed by atoms with Gasteiger partial charge in [-0.15, -0.1) is 12.4 Å². The van der Waals surface area contributed by atoms with Gasteiger partial charge in [0.05, 0.1) is 11.6 Å². The summed E-state index contributed by atoms with van der Waals surface area (Å²) in [6.07, 6.45) is 5.72. The van der Waals surface area contributed by atoms with E-state index in [0.29, 0.717) is 6.54 Å². The van der Waals surface area contributed by atoms with Crippen LogP contribution in [0.15, 0.2) is 12.4 Å². The molecule has 1 aliphatic rings. The lowest BCUT2D eigenvalue weighted by atomic mass is 9.82. The van der Waals surface area contributed by atoms with E-state index in [1.165, 1.54) is 0 Å². The minimum atomic E-state index is -0.263. The summed E-state index contributed by atoms with van der Waals surface area (Å²) >= 11 is 0. The van der Waals surface area contributed by atoms with Crippen LogP contribution in [-0.2, 0) is 18.4 Å². The van der Waals surface area contributed by atoms with Gasteiger partial charge in [0.1, 0.15) is 0 Å². The van der Waals surface area contributed by atoms with Crippen molar-refractivity contribution in [3.8, 4) is 0 Å². The summed E-state index contributed by atoms with van der Waals surface area (Å²) in [4.78, 5) is 12.1. The van der Waals surface area contributed by atoms with Crippen LogP contribution in [0.3, 0.4) is 0 Å². The molecule has 1 aromatic heterocycles. The molecule has 1 atom stereocenters. The van der Waals surface area contributed by atoms with Crippen LogP contribution < -0.4 is 10.6 Å². The van der Waals surface area contributed by atoms with Gasteiger partial charge in [-0.3, -0.25) is 9.48 Å². The van der Waals surface area contributed by atoms with Crippen molar-refractivity contribution < 1.29 is 4.79 Å². The number of halogens is 1. The molecule has 102 valence electrons. The normalized spacial score (nSPS) is 23.2. The van der Waals surface area contributed by atoms with Gasteiger partial charge in [0.25, 0.3) is 0 Å². The molecule has 0 radical (unpaired) electrons. The first-order valence-corrected chi connectivity index (χ1v) is 6.07. The standard InChI is InChI=1S/C12H20N4O.ClH/c1-12(4-3-5-13-9-12)11(17)14-6-10-7-15-16(2)8-10;/h7-8,13H,3-6,9H2,1-2H3,(H,14,17);1H. The van der Waals surface area contributed by atoms with Gasteiger partial charge in [-0.05, 0) is 26.3 Å². The first-order chi connectivity index (χ1) is 8.10. The molecule has 1 fully saturated rings. The molecule has 2 N–H and O–H groups in total. The van der Waals surface area contributed by atoms with Crippen LogP contribution in [-0.4, -0.2) is 28.8 Å². The van der Waals surface area contributed by atoms with E-state index >= 15 is 0 Å². The van der Waals surface area contributed by atoms with E-state index < -0.39 is 0 Å². The van der Waals surface area contributed by atoms with Crippen molar-refractivity contribution in [2.24, 2.45) is 12.5 Å². The Balaban J connectivity index is 0.00000162. The number of hydrogen-bond acceptors (Lipinski definition) is 3. The lowest BCUT2D eigenvalue weighted by Gasteiger charge is -2.32. The zero-order valence-corrected chi connectivity index (χ0v) is 11.7. The van der Waals surface area contributed by atoms with Crippen molar-refractivity contribution in [3.63, 3.8) is 0 Å². The van der Waals surface area contributed by atoms with Crippen molar-refractivity contribution in [2.75, 3.05) is 13.1 Å². The van der Waals surface area contributed by atoms with Gasteiger partial charge in [0.2, 0.25) is 5.91 Å². The molecular weight excluding hydrogens is 252 g/mol. The summed E-state index contributed by atoms with van der Waals surface area (Å²) in [6.45, 7) is 4.37. The molecule has 1 saturated heterocycles. The van der Waals surface area contributed by atoms with Crippen LogP contribution in [0.25, 0.3) is 0 Å². The number of carbonyl (C=O) groups is 1. The summed E-state index contributed by atoms with van der Waals surface area (Å²) < 4.78 is 1.74. The zero-order chi connectivity index (χ0) is 12.3. The quantitative estimate of drug-likeness (QED) is 0.858. The molecule has 0 aliphatic carbocycles. The number of nitrogens with zero attached hydrogens (tertiary/aromatic N) is 2. The number of nitrogens with one attached hydrogen (secondary N) is 2. The highest BCUT2D eigenvalue weighted by atomic mass is 35.5. The topological polar surface area (TPSA) is 59.0 Å². The molecule has 5 nitrogen and oxygen atoms in total. The fourth-order valence-electron chi connectivity index (χ4n) is 2.21. The molecule has 2 heterocycles. The Morgan fingerprint density at radius 2 is 2.44 bits per heavy atom. The number of aromatic nitrogens is 2. The van der Waals surface area contributed by atoms with Gasteiger partial charge >= 0.3 is 0 Å². The van der Waals surface area contributed by atoms with E-state index in [9.17, 15) is 4.79 Å². The molecule has 18 heavy (non-hydrogen) atoms. The molecule has 0 saturated carbocycles. The molecule has 1 unspecified atom stereocenters. The van der Waals surface area contributed by atoms with Gasteiger partial charge < -0.3 is 10.6 Å². The van der Waals surface area contributed by atoms with E-state index in [1.807, 2.05) is 20.2 Å².